The number of aryl methyl sites for hydroxylation is 1. The lowest BCUT2D eigenvalue weighted by Gasteiger charge is -2.20. The Morgan fingerprint density at radius 2 is 2.12 bits per heavy atom. The van der Waals surface area contributed by atoms with Crippen LogP contribution in [0.25, 0.3) is 0 Å². The molecule has 0 saturated heterocycles. The van der Waals surface area contributed by atoms with E-state index < -0.39 is 12.1 Å². The minimum atomic E-state index is -0.597. The Hall–Kier alpha value is -0.930. The van der Waals surface area contributed by atoms with Gasteiger partial charge in [-0.25, -0.2) is 4.39 Å². The van der Waals surface area contributed by atoms with Gasteiger partial charge in [-0.05, 0) is 36.6 Å². The van der Waals surface area contributed by atoms with E-state index in [2.05, 4.69) is 6.92 Å². The van der Waals surface area contributed by atoms with E-state index in [1.165, 1.54) is 12.1 Å². The second kappa shape index (κ2) is 5.97. The molecule has 0 aliphatic rings. The summed E-state index contributed by atoms with van der Waals surface area (Å²) >= 11 is 0. The van der Waals surface area contributed by atoms with Gasteiger partial charge in [0, 0.05) is 0 Å². The molecule has 1 aromatic carbocycles. The summed E-state index contributed by atoms with van der Waals surface area (Å²) in [5.74, 6) is -0.307. The summed E-state index contributed by atoms with van der Waals surface area (Å²) in [6.45, 7) is 3.94. The Kier molecular flexibility index (Phi) is 4.90. The molecule has 0 aliphatic carbocycles. The third-order valence-electron chi connectivity index (χ3n) is 2.87. The summed E-state index contributed by atoms with van der Waals surface area (Å²) in [5, 5.41) is 9.87. The van der Waals surface area contributed by atoms with Gasteiger partial charge in [0.2, 0.25) is 0 Å². The molecule has 0 saturated carbocycles. The SMILES string of the molecule is CCCC[C@H](O)[C@H](N)c1cc(F)ccc1C. The highest BCUT2D eigenvalue weighted by molar-refractivity contribution is 5.30. The zero-order valence-corrected chi connectivity index (χ0v) is 9.91. The molecule has 2 atom stereocenters. The second-order valence-electron chi connectivity index (χ2n) is 4.24. The largest absolute Gasteiger partial charge is 0.391 e. The van der Waals surface area contributed by atoms with E-state index >= 15 is 0 Å². The molecule has 0 unspecified atom stereocenters. The predicted molar refractivity (Wildman–Crippen MR) is 63.6 cm³/mol. The summed E-state index contributed by atoms with van der Waals surface area (Å²) in [6.07, 6.45) is 2.02. The molecule has 0 aromatic heterocycles. The monoisotopic (exact) mass is 225 g/mol. The van der Waals surface area contributed by atoms with E-state index in [-0.39, 0.29) is 5.82 Å². The van der Waals surface area contributed by atoms with Gasteiger partial charge in [0.1, 0.15) is 5.82 Å². The number of aliphatic hydroxyl groups excluding tert-OH is 1. The molecule has 0 aliphatic heterocycles. The average Bonchev–Trinajstić information content (AvgIpc) is 2.28. The highest BCUT2D eigenvalue weighted by Crippen LogP contribution is 2.22. The minimum Gasteiger partial charge on any atom is -0.391 e. The summed E-state index contributed by atoms with van der Waals surface area (Å²) in [4.78, 5) is 0. The van der Waals surface area contributed by atoms with Crippen molar-refractivity contribution in [2.24, 2.45) is 5.73 Å². The van der Waals surface area contributed by atoms with Crippen molar-refractivity contribution in [3.8, 4) is 0 Å². The fourth-order valence-electron chi connectivity index (χ4n) is 1.77. The molecular weight excluding hydrogens is 205 g/mol. The van der Waals surface area contributed by atoms with Crippen molar-refractivity contribution in [2.75, 3.05) is 0 Å². The normalized spacial score (nSPS) is 14.8. The number of hydrogen-bond donors (Lipinski definition) is 2. The lowest BCUT2D eigenvalue weighted by Crippen LogP contribution is -2.26. The van der Waals surface area contributed by atoms with Crippen molar-refractivity contribution in [3.63, 3.8) is 0 Å². The molecule has 0 fully saturated rings. The van der Waals surface area contributed by atoms with Crippen LogP contribution in [0, 0.1) is 12.7 Å². The smallest absolute Gasteiger partial charge is 0.123 e. The van der Waals surface area contributed by atoms with Crippen molar-refractivity contribution < 1.29 is 9.50 Å². The third kappa shape index (κ3) is 3.29. The van der Waals surface area contributed by atoms with Crippen LogP contribution < -0.4 is 5.73 Å². The van der Waals surface area contributed by atoms with Crippen molar-refractivity contribution >= 4 is 0 Å². The first kappa shape index (κ1) is 13.1. The Morgan fingerprint density at radius 3 is 2.75 bits per heavy atom. The van der Waals surface area contributed by atoms with Gasteiger partial charge in [0.15, 0.2) is 0 Å². The summed E-state index contributed by atoms with van der Waals surface area (Å²) < 4.78 is 13.1. The molecule has 3 heteroatoms. The van der Waals surface area contributed by atoms with Crippen LogP contribution in [0.3, 0.4) is 0 Å². The molecule has 0 spiro atoms. The highest BCUT2D eigenvalue weighted by atomic mass is 19.1. The first-order valence-electron chi connectivity index (χ1n) is 5.76. The van der Waals surface area contributed by atoms with Crippen LogP contribution in [0.4, 0.5) is 4.39 Å². The zero-order chi connectivity index (χ0) is 12.1. The van der Waals surface area contributed by atoms with E-state index in [1.54, 1.807) is 6.07 Å². The summed E-state index contributed by atoms with van der Waals surface area (Å²) in [5.41, 5.74) is 7.55. The maximum atomic E-state index is 13.1. The number of rotatable bonds is 5. The lowest BCUT2D eigenvalue weighted by molar-refractivity contribution is 0.132. The van der Waals surface area contributed by atoms with Gasteiger partial charge < -0.3 is 10.8 Å². The number of nitrogens with two attached hydrogens (primary N) is 1. The van der Waals surface area contributed by atoms with E-state index in [0.717, 1.165) is 18.4 Å². The highest BCUT2D eigenvalue weighted by Gasteiger charge is 2.18. The van der Waals surface area contributed by atoms with Crippen LogP contribution in [0.1, 0.15) is 43.4 Å². The van der Waals surface area contributed by atoms with Crippen LogP contribution in [0.15, 0.2) is 18.2 Å². The molecule has 16 heavy (non-hydrogen) atoms. The van der Waals surface area contributed by atoms with Crippen LogP contribution in [-0.2, 0) is 0 Å². The van der Waals surface area contributed by atoms with Gasteiger partial charge in [-0.2, -0.15) is 0 Å². The lowest BCUT2D eigenvalue weighted by atomic mass is 9.95. The Balaban J connectivity index is 2.78. The topological polar surface area (TPSA) is 46.2 Å². The van der Waals surface area contributed by atoms with Gasteiger partial charge >= 0.3 is 0 Å². The van der Waals surface area contributed by atoms with Crippen molar-refractivity contribution in [2.45, 2.75) is 45.3 Å². The minimum absolute atomic E-state index is 0.307. The van der Waals surface area contributed by atoms with Crippen molar-refractivity contribution in [1.82, 2.24) is 0 Å². The van der Waals surface area contributed by atoms with Crippen LogP contribution in [0.5, 0.6) is 0 Å². The van der Waals surface area contributed by atoms with E-state index in [1.807, 2.05) is 6.92 Å². The quantitative estimate of drug-likeness (QED) is 0.809. The molecule has 0 bridgehead atoms. The van der Waals surface area contributed by atoms with Crippen LogP contribution in [0.2, 0.25) is 0 Å². The van der Waals surface area contributed by atoms with Crippen LogP contribution >= 0.6 is 0 Å². The Morgan fingerprint density at radius 1 is 1.44 bits per heavy atom. The van der Waals surface area contributed by atoms with Gasteiger partial charge in [-0.1, -0.05) is 25.8 Å². The van der Waals surface area contributed by atoms with Gasteiger partial charge in [0.25, 0.3) is 0 Å². The molecule has 1 rings (SSSR count). The van der Waals surface area contributed by atoms with Crippen LogP contribution in [-0.4, -0.2) is 11.2 Å². The maximum Gasteiger partial charge on any atom is 0.123 e. The molecule has 3 N–H and O–H groups in total. The number of hydrogen-bond acceptors (Lipinski definition) is 2. The molecule has 90 valence electrons. The number of aliphatic hydroxyl groups is 1. The predicted octanol–water partition coefficient (Wildman–Crippen LogP) is 2.69. The molecule has 0 radical (unpaired) electrons. The Labute approximate surface area is 96.3 Å². The molecule has 0 amide bonds. The summed E-state index contributed by atoms with van der Waals surface area (Å²) in [6, 6.07) is 4.01. The number of benzene rings is 1. The average molecular weight is 225 g/mol. The number of unbranched alkanes of at least 4 members (excludes halogenated alkanes) is 1. The van der Waals surface area contributed by atoms with Crippen molar-refractivity contribution in [1.29, 1.82) is 0 Å². The van der Waals surface area contributed by atoms with E-state index in [0.29, 0.717) is 12.0 Å². The zero-order valence-electron chi connectivity index (χ0n) is 9.91. The third-order valence-corrected chi connectivity index (χ3v) is 2.87. The fourth-order valence-corrected chi connectivity index (χ4v) is 1.77. The maximum absolute atomic E-state index is 13.1. The first-order chi connectivity index (χ1) is 7.56. The van der Waals surface area contributed by atoms with Gasteiger partial charge in [0.05, 0.1) is 12.1 Å². The molecule has 1 aromatic rings. The van der Waals surface area contributed by atoms with Gasteiger partial charge in [-0.15, -0.1) is 0 Å². The molecule has 2 nitrogen and oxygen atoms in total. The standard InChI is InChI=1S/C13H20FNO/c1-3-4-5-12(16)13(15)11-8-10(14)7-6-9(11)2/h6-8,12-13,16H,3-5,15H2,1-2H3/t12-,13+/m0/s1. The van der Waals surface area contributed by atoms with E-state index in [9.17, 15) is 9.50 Å². The van der Waals surface area contributed by atoms with Gasteiger partial charge in [-0.3, -0.25) is 0 Å². The second-order valence-corrected chi connectivity index (χ2v) is 4.24. The fraction of sp³-hybridized carbons (Fsp3) is 0.538. The summed E-state index contributed by atoms with van der Waals surface area (Å²) in [7, 11) is 0. The Bertz CT molecular complexity index is 341. The van der Waals surface area contributed by atoms with Crippen molar-refractivity contribution in [3.05, 3.63) is 35.1 Å². The first-order valence-corrected chi connectivity index (χ1v) is 5.76. The molecule has 0 heterocycles. The molecular formula is C13H20FNO. The van der Waals surface area contributed by atoms with E-state index in [4.69, 9.17) is 5.73 Å². The number of halogens is 1.